The van der Waals surface area contributed by atoms with E-state index in [0.717, 1.165) is 0 Å². The summed E-state index contributed by atoms with van der Waals surface area (Å²) < 4.78 is 22.1. The second-order valence-corrected chi connectivity index (χ2v) is 6.94. The largest absolute Gasteiger partial charge is 0.493 e. The molecule has 2 aromatic rings. The van der Waals surface area contributed by atoms with E-state index in [4.69, 9.17) is 36.3 Å². The van der Waals surface area contributed by atoms with E-state index in [0.29, 0.717) is 34.9 Å². The van der Waals surface area contributed by atoms with Gasteiger partial charge in [0.1, 0.15) is 13.2 Å². The molecule has 3 rings (SSSR count). The van der Waals surface area contributed by atoms with Crippen molar-refractivity contribution in [3.63, 3.8) is 0 Å². The van der Waals surface area contributed by atoms with Gasteiger partial charge in [0.25, 0.3) is 11.8 Å². The average Bonchev–Trinajstić information content (AvgIpc) is 2.66. The number of amides is 2. The highest BCUT2D eigenvalue weighted by atomic mass is 79.9. The third-order valence-corrected chi connectivity index (χ3v) is 4.67. The lowest BCUT2D eigenvalue weighted by atomic mass is 10.1. The number of methoxy groups -OCH3 is 1. The molecule has 10 heteroatoms. The summed E-state index contributed by atoms with van der Waals surface area (Å²) in [6.45, 7) is 0.529. The van der Waals surface area contributed by atoms with Gasteiger partial charge >= 0.3 is 0 Å². The Balaban J connectivity index is 1.84. The van der Waals surface area contributed by atoms with Crippen molar-refractivity contribution in [2.75, 3.05) is 32.2 Å². The maximum Gasteiger partial charge on any atom is 0.255 e. The van der Waals surface area contributed by atoms with Gasteiger partial charge in [-0.15, -0.1) is 0 Å². The average molecular weight is 472 g/mol. The van der Waals surface area contributed by atoms with Gasteiger partial charge in [0, 0.05) is 22.2 Å². The third-order valence-electron chi connectivity index (χ3n) is 3.73. The van der Waals surface area contributed by atoms with Gasteiger partial charge in [-0.3, -0.25) is 9.59 Å². The molecule has 0 unspecified atom stereocenters. The van der Waals surface area contributed by atoms with Crippen LogP contribution in [0.4, 0.5) is 5.69 Å². The number of primary amides is 1. The molecule has 2 aromatic carbocycles. The van der Waals surface area contributed by atoms with Crippen LogP contribution in [-0.4, -0.2) is 38.7 Å². The van der Waals surface area contributed by atoms with E-state index in [1.807, 2.05) is 0 Å². The van der Waals surface area contributed by atoms with E-state index in [-0.39, 0.29) is 28.7 Å². The highest BCUT2D eigenvalue weighted by Crippen LogP contribution is 2.39. The number of carbonyl (C=O) groups is 2. The Labute approximate surface area is 174 Å². The number of carbonyl (C=O) groups excluding carboxylic acids is 2. The van der Waals surface area contributed by atoms with Crippen molar-refractivity contribution < 1.29 is 28.5 Å². The number of hydrogen-bond donors (Lipinski definition) is 2. The first kappa shape index (κ1) is 20.1. The van der Waals surface area contributed by atoms with E-state index in [1.54, 1.807) is 12.1 Å². The van der Waals surface area contributed by atoms with Crippen molar-refractivity contribution in [3.05, 3.63) is 39.3 Å². The van der Waals surface area contributed by atoms with Gasteiger partial charge in [0.05, 0.1) is 17.8 Å². The fourth-order valence-corrected chi connectivity index (χ4v) is 3.18. The van der Waals surface area contributed by atoms with Crippen LogP contribution in [0.25, 0.3) is 0 Å². The van der Waals surface area contributed by atoms with Crippen LogP contribution in [0.3, 0.4) is 0 Å². The molecule has 1 heterocycles. The molecule has 3 N–H and O–H groups in total. The molecule has 148 valence electrons. The van der Waals surface area contributed by atoms with Gasteiger partial charge in [0.15, 0.2) is 29.6 Å². The van der Waals surface area contributed by atoms with Crippen molar-refractivity contribution in [3.8, 4) is 23.0 Å². The van der Waals surface area contributed by atoms with Crippen LogP contribution < -0.4 is 30.0 Å². The second kappa shape index (κ2) is 8.57. The Morgan fingerprint density at radius 2 is 1.89 bits per heavy atom. The number of ether oxygens (including phenoxy) is 4. The predicted molar refractivity (Wildman–Crippen MR) is 106 cm³/mol. The minimum atomic E-state index is -0.664. The molecule has 1 aliphatic rings. The summed E-state index contributed by atoms with van der Waals surface area (Å²) in [6.07, 6.45) is 0. The minimum absolute atomic E-state index is 0.104. The Bertz CT molecular complexity index is 937. The number of benzene rings is 2. The lowest BCUT2D eigenvalue weighted by molar-refractivity contribution is -0.119. The summed E-state index contributed by atoms with van der Waals surface area (Å²) in [7, 11) is 1.39. The third kappa shape index (κ3) is 4.42. The number of anilines is 1. The Morgan fingerprint density at radius 1 is 1.21 bits per heavy atom. The number of halogens is 2. The first-order valence-electron chi connectivity index (χ1n) is 8.08. The molecule has 0 radical (unpaired) electrons. The first-order valence-corrected chi connectivity index (χ1v) is 9.25. The molecular formula is C18H16BrClN2O6. The zero-order valence-corrected chi connectivity index (χ0v) is 17.1. The SMILES string of the molecule is COc1cc(C(=O)Nc2cc3c(cc2Br)OCCO3)cc(Cl)c1OCC(N)=O. The van der Waals surface area contributed by atoms with Gasteiger partial charge in [0.2, 0.25) is 0 Å². The summed E-state index contributed by atoms with van der Waals surface area (Å²) in [5, 5.41) is 2.88. The van der Waals surface area contributed by atoms with E-state index in [9.17, 15) is 9.59 Å². The lowest BCUT2D eigenvalue weighted by Crippen LogP contribution is -2.20. The number of hydrogen-bond acceptors (Lipinski definition) is 6. The van der Waals surface area contributed by atoms with Crippen LogP contribution in [0.5, 0.6) is 23.0 Å². The molecule has 1 aliphatic heterocycles. The van der Waals surface area contributed by atoms with Crippen molar-refractivity contribution in [2.45, 2.75) is 0 Å². The molecule has 8 nitrogen and oxygen atoms in total. The van der Waals surface area contributed by atoms with Gasteiger partial charge in [-0.2, -0.15) is 0 Å². The van der Waals surface area contributed by atoms with Crippen molar-refractivity contribution >= 4 is 45.0 Å². The highest BCUT2D eigenvalue weighted by Gasteiger charge is 2.19. The zero-order valence-electron chi connectivity index (χ0n) is 14.7. The summed E-state index contributed by atoms with van der Waals surface area (Å²) in [4.78, 5) is 23.6. The molecule has 0 bridgehead atoms. The van der Waals surface area contributed by atoms with Gasteiger partial charge < -0.3 is 30.0 Å². The van der Waals surface area contributed by atoms with Gasteiger partial charge in [-0.05, 0) is 28.1 Å². The van der Waals surface area contributed by atoms with Crippen molar-refractivity contribution in [1.82, 2.24) is 0 Å². The smallest absolute Gasteiger partial charge is 0.255 e. The molecule has 0 fully saturated rings. The van der Waals surface area contributed by atoms with Gasteiger partial charge in [-0.1, -0.05) is 11.6 Å². The number of nitrogens with two attached hydrogens (primary N) is 1. The number of fused-ring (bicyclic) bond motifs is 1. The monoisotopic (exact) mass is 470 g/mol. The molecule has 2 amide bonds. The van der Waals surface area contributed by atoms with E-state index in [2.05, 4.69) is 21.2 Å². The molecule has 0 aromatic heterocycles. The van der Waals surface area contributed by atoms with E-state index in [1.165, 1.54) is 19.2 Å². The normalized spacial score (nSPS) is 12.2. The lowest BCUT2D eigenvalue weighted by Gasteiger charge is -2.20. The maximum atomic E-state index is 12.7. The molecule has 0 aliphatic carbocycles. The highest BCUT2D eigenvalue weighted by molar-refractivity contribution is 9.10. The first-order chi connectivity index (χ1) is 13.4. The standard InChI is InChI=1S/C18H16BrClN2O6/c1-25-15-5-9(4-11(20)17(15)28-8-16(21)23)18(24)22-12-7-14-13(6-10(12)19)26-2-3-27-14/h4-7H,2-3,8H2,1H3,(H2,21,23)(H,22,24). The molecular weight excluding hydrogens is 456 g/mol. The van der Waals surface area contributed by atoms with Crippen LogP contribution in [-0.2, 0) is 4.79 Å². The second-order valence-electron chi connectivity index (χ2n) is 5.67. The van der Waals surface area contributed by atoms with Crippen LogP contribution in [0.2, 0.25) is 5.02 Å². The molecule has 0 spiro atoms. The fraction of sp³-hybridized carbons (Fsp3) is 0.222. The Kier molecular flexibility index (Phi) is 6.15. The fourth-order valence-electron chi connectivity index (χ4n) is 2.49. The quantitative estimate of drug-likeness (QED) is 0.670. The molecule has 0 saturated carbocycles. The minimum Gasteiger partial charge on any atom is -0.493 e. The van der Waals surface area contributed by atoms with Gasteiger partial charge in [-0.25, -0.2) is 0 Å². The van der Waals surface area contributed by atoms with E-state index < -0.39 is 11.8 Å². The predicted octanol–water partition coefficient (Wildman–Crippen LogP) is 3.00. The number of rotatable bonds is 6. The molecule has 28 heavy (non-hydrogen) atoms. The number of nitrogens with one attached hydrogen (secondary N) is 1. The van der Waals surface area contributed by atoms with Crippen LogP contribution in [0.15, 0.2) is 28.7 Å². The summed E-state index contributed by atoms with van der Waals surface area (Å²) in [6, 6.07) is 6.24. The summed E-state index contributed by atoms with van der Waals surface area (Å²) >= 11 is 9.59. The van der Waals surface area contributed by atoms with Crippen molar-refractivity contribution in [1.29, 1.82) is 0 Å². The maximum absolute atomic E-state index is 12.7. The van der Waals surface area contributed by atoms with Crippen LogP contribution in [0.1, 0.15) is 10.4 Å². The van der Waals surface area contributed by atoms with Crippen molar-refractivity contribution in [2.24, 2.45) is 5.73 Å². The summed E-state index contributed by atoms with van der Waals surface area (Å²) in [5.74, 6) is 0.356. The molecule has 0 saturated heterocycles. The topological polar surface area (TPSA) is 109 Å². The van der Waals surface area contributed by atoms with Crippen LogP contribution in [0, 0.1) is 0 Å². The van der Waals surface area contributed by atoms with E-state index >= 15 is 0 Å². The Hall–Kier alpha value is -2.65. The zero-order chi connectivity index (χ0) is 20.3. The molecule has 0 atom stereocenters. The summed E-state index contributed by atoms with van der Waals surface area (Å²) in [5.41, 5.74) is 5.80. The Morgan fingerprint density at radius 3 is 2.54 bits per heavy atom. The van der Waals surface area contributed by atoms with Crippen LogP contribution >= 0.6 is 27.5 Å².